The molecule has 0 saturated heterocycles. The Bertz CT molecular complexity index is 418. The number of benzene rings is 1. The van der Waals surface area contributed by atoms with Gasteiger partial charge >= 0.3 is 5.97 Å². The summed E-state index contributed by atoms with van der Waals surface area (Å²) in [6.07, 6.45) is 0. The standard InChI is InChI=1S/C7H5ClN2O4/c8-6-4(9)1-3(7(11)12)2-5(6)10(13)14/h1-2H,9H2,(H,11,12). The van der Waals surface area contributed by atoms with Gasteiger partial charge < -0.3 is 10.8 Å². The average Bonchev–Trinajstić information content (AvgIpc) is 2.08. The SMILES string of the molecule is Nc1cc(C(=O)O)cc([N+](=O)[O-])c1Cl. The summed E-state index contributed by atoms with van der Waals surface area (Å²) in [5.74, 6) is -1.29. The van der Waals surface area contributed by atoms with Crippen LogP contribution in [-0.2, 0) is 0 Å². The molecule has 0 aliphatic carbocycles. The fraction of sp³-hybridized carbons (Fsp3) is 0. The molecule has 0 bridgehead atoms. The fourth-order valence-electron chi connectivity index (χ4n) is 0.887. The van der Waals surface area contributed by atoms with Gasteiger partial charge in [-0.1, -0.05) is 11.6 Å². The molecular formula is C7H5ClN2O4. The lowest BCUT2D eigenvalue weighted by atomic mass is 10.2. The Morgan fingerprint density at radius 3 is 2.57 bits per heavy atom. The molecule has 6 nitrogen and oxygen atoms in total. The molecule has 74 valence electrons. The minimum Gasteiger partial charge on any atom is -0.478 e. The van der Waals surface area contributed by atoms with Crippen molar-refractivity contribution in [3.05, 3.63) is 32.8 Å². The molecule has 0 aliphatic heterocycles. The van der Waals surface area contributed by atoms with Gasteiger partial charge in [-0.2, -0.15) is 0 Å². The number of carbonyl (C=O) groups is 1. The maximum atomic E-state index is 10.5. The summed E-state index contributed by atoms with van der Waals surface area (Å²) >= 11 is 5.51. The van der Waals surface area contributed by atoms with Crippen LogP contribution in [0.5, 0.6) is 0 Å². The van der Waals surface area contributed by atoms with Crippen molar-refractivity contribution in [2.75, 3.05) is 5.73 Å². The van der Waals surface area contributed by atoms with Crippen LogP contribution in [0.2, 0.25) is 5.02 Å². The second-order valence-corrected chi connectivity index (χ2v) is 2.84. The van der Waals surface area contributed by atoms with Gasteiger partial charge in [-0.25, -0.2) is 4.79 Å². The number of hydrogen-bond donors (Lipinski definition) is 2. The minimum atomic E-state index is -1.29. The Morgan fingerprint density at radius 2 is 2.14 bits per heavy atom. The summed E-state index contributed by atoms with van der Waals surface area (Å²) < 4.78 is 0. The van der Waals surface area contributed by atoms with Gasteiger partial charge in [0, 0.05) is 6.07 Å². The molecule has 0 unspecified atom stereocenters. The molecule has 14 heavy (non-hydrogen) atoms. The first kappa shape index (κ1) is 10.3. The highest BCUT2D eigenvalue weighted by Gasteiger charge is 2.18. The van der Waals surface area contributed by atoms with Crippen molar-refractivity contribution in [3.8, 4) is 0 Å². The third kappa shape index (κ3) is 1.74. The molecule has 0 atom stereocenters. The number of nitrogens with zero attached hydrogens (tertiary/aromatic N) is 1. The first-order valence-corrected chi connectivity index (χ1v) is 3.78. The number of nitrogens with two attached hydrogens (primary N) is 1. The first-order valence-electron chi connectivity index (χ1n) is 3.40. The van der Waals surface area contributed by atoms with Gasteiger partial charge in [0.05, 0.1) is 16.2 Å². The molecule has 7 heteroatoms. The predicted molar refractivity (Wildman–Crippen MR) is 49.5 cm³/mol. The van der Waals surface area contributed by atoms with Gasteiger partial charge in [0.1, 0.15) is 5.02 Å². The molecule has 0 fully saturated rings. The highest BCUT2D eigenvalue weighted by Crippen LogP contribution is 2.31. The number of nitrogen functional groups attached to an aromatic ring is 1. The van der Waals surface area contributed by atoms with E-state index in [1.807, 2.05) is 0 Å². The van der Waals surface area contributed by atoms with E-state index in [4.69, 9.17) is 22.4 Å². The molecule has 3 N–H and O–H groups in total. The zero-order valence-corrected chi connectivity index (χ0v) is 7.49. The molecule has 1 aromatic carbocycles. The molecule has 0 radical (unpaired) electrons. The van der Waals surface area contributed by atoms with E-state index >= 15 is 0 Å². The van der Waals surface area contributed by atoms with Gasteiger partial charge in [-0.15, -0.1) is 0 Å². The molecular weight excluding hydrogens is 212 g/mol. The molecule has 0 amide bonds. The monoisotopic (exact) mass is 216 g/mol. The van der Waals surface area contributed by atoms with E-state index in [1.54, 1.807) is 0 Å². The zero-order valence-electron chi connectivity index (χ0n) is 6.73. The van der Waals surface area contributed by atoms with Crippen LogP contribution in [0.3, 0.4) is 0 Å². The van der Waals surface area contributed by atoms with Gasteiger partial charge in [0.2, 0.25) is 0 Å². The number of halogens is 1. The summed E-state index contributed by atoms with van der Waals surface area (Å²) in [7, 11) is 0. The van der Waals surface area contributed by atoms with Crippen LogP contribution in [0, 0.1) is 10.1 Å². The Labute approximate surface area is 83.0 Å². The number of carboxylic acid groups (broad SMARTS) is 1. The highest BCUT2D eigenvalue weighted by molar-refractivity contribution is 6.35. The summed E-state index contributed by atoms with van der Waals surface area (Å²) in [4.78, 5) is 20.2. The van der Waals surface area contributed by atoms with E-state index in [1.165, 1.54) is 0 Å². The number of aromatic carboxylic acids is 1. The third-order valence-electron chi connectivity index (χ3n) is 1.53. The molecule has 0 heterocycles. The van der Waals surface area contributed by atoms with Crippen LogP contribution in [-0.4, -0.2) is 16.0 Å². The topological polar surface area (TPSA) is 106 Å². The Hall–Kier alpha value is -1.82. The average molecular weight is 217 g/mol. The van der Waals surface area contributed by atoms with E-state index in [-0.39, 0.29) is 16.3 Å². The maximum Gasteiger partial charge on any atom is 0.336 e. The fourth-order valence-corrected chi connectivity index (χ4v) is 1.07. The van der Waals surface area contributed by atoms with Crippen molar-refractivity contribution in [1.29, 1.82) is 0 Å². The van der Waals surface area contributed by atoms with E-state index < -0.39 is 16.6 Å². The molecule has 0 aromatic heterocycles. The van der Waals surface area contributed by atoms with Crippen molar-refractivity contribution >= 4 is 28.9 Å². The summed E-state index contributed by atoms with van der Waals surface area (Å²) in [5, 5.41) is 18.8. The van der Waals surface area contributed by atoms with Crippen LogP contribution in [0.25, 0.3) is 0 Å². The van der Waals surface area contributed by atoms with E-state index in [0.29, 0.717) is 0 Å². The van der Waals surface area contributed by atoms with Crippen molar-refractivity contribution in [3.63, 3.8) is 0 Å². The summed E-state index contributed by atoms with van der Waals surface area (Å²) in [6.45, 7) is 0. The summed E-state index contributed by atoms with van der Waals surface area (Å²) in [6, 6.07) is 1.93. The number of hydrogen-bond acceptors (Lipinski definition) is 4. The molecule has 0 spiro atoms. The zero-order chi connectivity index (χ0) is 10.9. The summed E-state index contributed by atoms with van der Waals surface area (Å²) in [5.41, 5.74) is 4.40. The van der Waals surface area contributed by atoms with Gasteiger partial charge in [0.15, 0.2) is 0 Å². The van der Waals surface area contributed by atoms with Crippen LogP contribution < -0.4 is 5.73 Å². The quantitative estimate of drug-likeness (QED) is 0.443. The predicted octanol–water partition coefficient (Wildman–Crippen LogP) is 1.53. The van der Waals surface area contributed by atoms with Crippen molar-refractivity contribution in [1.82, 2.24) is 0 Å². The van der Waals surface area contributed by atoms with Crippen molar-refractivity contribution < 1.29 is 14.8 Å². The Kier molecular flexibility index (Phi) is 2.57. The first-order chi connectivity index (χ1) is 6.43. The van der Waals surface area contributed by atoms with Crippen LogP contribution in [0.1, 0.15) is 10.4 Å². The number of nitro benzene ring substituents is 1. The maximum absolute atomic E-state index is 10.5. The molecule has 0 saturated carbocycles. The lowest BCUT2D eigenvalue weighted by Crippen LogP contribution is -2.01. The van der Waals surface area contributed by atoms with Crippen molar-refractivity contribution in [2.45, 2.75) is 0 Å². The van der Waals surface area contributed by atoms with E-state index in [2.05, 4.69) is 0 Å². The van der Waals surface area contributed by atoms with Gasteiger partial charge in [-0.05, 0) is 6.07 Å². The normalized spacial score (nSPS) is 9.79. The second-order valence-electron chi connectivity index (χ2n) is 2.46. The lowest BCUT2D eigenvalue weighted by Gasteiger charge is -2.01. The second kappa shape index (κ2) is 3.51. The number of nitro groups is 1. The van der Waals surface area contributed by atoms with Crippen molar-refractivity contribution in [2.24, 2.45) is 0 Å². The van der Waals surface area contributed by atoms with Crippen LogP contribution in [0.4, 0.5) is 11.4 Å². The Morgan fingerprint density at radius 1 is 1.57 bits per heavy atom. The van der Waals surface area contributed by atoms with Gasteiger partial charge in [-0.3, -0.25) is 10.1 Å². The number of anilines is 1. The molecule has 0 aliphatic rings. The van der Waals surface area contributed by atoms with E-state index in [0.717, 1.165) is 12.1 Å². The molecule has 1 aromatic rings. The lowest BCUT2D eigenvalue weighted by molar-refractivity contribution is -0.384. The largest absolute Gasteiger partial charge is 0.478 e. The Balaban J connectivity index is 3.43. The number of rotatable bonds is 2. The van der Waals surface area contributed by atoms with E-state index in [9.17, 15) is 14.9 Å². The smallest absolute Gasteiger partial charge is 0.336 e. The van der Waals surface area contributed by atoms with Crippen LogP contribution >= 0.6 is 11.6 Å². The van der Waals surface area contributed by atoms with Crippen LogP contribution in [0.15, 0.2) is 12.1 Å². The minimum absolute atomic E-state index is 0.127. The third-order valence-corrected chi connectivity index (χ3v) is 1.94. The van der Waals surface area contributed by atoms with Gasteiger partial charge in [0.25, 0.3) is 5.69 Å². The number of carboxylic acids is 1. The highest BCUT2D eigenvalue weighted by atomic mass is 35.5. The molecule has 1 rings (SSSR count).